The number of amides is 1. The first-order chi connectivity index (χ1) is 8.04. The SMILES string of the molecule is NC1(C(=O)NCC2(O)CCOC2)CCCCC1. The number of ether oxygens (including phenoxy) is 1. The molecule has 0 aromatic carbocycles. The van der Waals surface area contributed by atoms with Crippen LogP contribution in [0.3, 0.4) is 0 Å². The number of carbonyl (C=O) groups is 1. The van der Waals surface area contributed by atoms with Gasteiger partial charge >= 0.3 is 0 Å². The molecule has 0 aromatic heterocycles. The lowest BCUT2D eigenvalue weighted by Crippen LogP contribution is -2.57. The van der Waals surface area contributed by atoms with E-state index < -0.39 is 11.1 Å². The van der Waals surface area contributed by atoms with Gasteiger partial charge in [0.1, 0.15) is 5.60 Å². The second-order valence-electron chi connectivity index (χ2n) is 5.43. The van der Waals surface area contributed by atoms with Gasteiger partial charge < -0.3 is 20.9 Å². The fourth-order valence-corrected chi connectivity index (χ4v) is 2.57. The van der Waals surface area contributed by atoms with Crippen molar-refractivity contribution >= 4 is 5.91 Å². The summed E-state index contributed by atoms with van der Waals surface area (Å²) in [6.07, 6.45) is 5.24. The standard InChI is InChI=1S/C12H22N2O3/c13-12(4-2-1-3-5-12)10(15)14-8-11(16)6-7-17-9-11/h16H,1-9,13H2,(H,14,15). The number of hydrogen-bond acceptors (Lipinski definition) is 4. The summed E-state index contributed by atoms with van der Waals surface area (Å²) < 4.78 is 5.13. The first kappa shape index (κ1) is 12.8. The Kier molecular flexibility index (Phi) is 3.70. The number of nitrogens with one attached hydrogen (secondary N) is 1. The first-order valence-electron chi connectivity index (χ1n) is 6.42. The van der Waals surface area contributed by atoms with Gasteiger partial charge in [0.2, 0.25) is 5.91 Å². The minimum Gasteiger partial charge on any atom is -0.386 e. The van der Waals surface area contributed by atoms with E-state index in [2.05, 4.69) is 5.32 Å². The molecule has 1 heterocycles. The lowest BCUT2D eigenvalue weighted by Gasteiger charge is -2.33. The highest BCUT2D eigenvalue weighted by molar-refractivity contribution is 5.86. The van der Waals surface area contributed by atoms with Crippen molar-refractivity contribution in [2.24, 2.45) is 5.73 Å². The third-order valence-electron chi connectivity index (χ3n) is 3.86. The minimum atomic E-state index is -0.902. The first-order valence-corrected chi connectivity index (χ1v) is 6.42. The van der Waals surface area contributed by atoms with E-state index in [4.69, 9.17) is 10.5 Å². The van der Waals surface area contributed by atoms with Crippen LogP contribution >= 0.6 is 0 Å². The lowest BCUT2D eigenvalue weighted by molar-refractivity contribution is -0.128. The van der Waals surface area contributed by atoms with E-state index in [0.717, 1.165) is 32.1 Å². The Morgan fingerprint density at radius 3 is 2.59 bits per heavy atom. The maximum atomic E-state index is 12.0. The molecule has 1 saturated carbocycles. The average Bonchev–Trinajstić information content (AvgIpc) is 2.75. The van der Waals surface area contributed by atoms with Gasteiger partial charge in [0.05, 0.1) is 12.1 Å². The number of rotatable bonds is 3. The molecule has 17 heavy (non-hydrogen) atoms. The van der Waals surface area contributed by atoms with E-state index in [-0.39, 0.29) is 12.5 Å². The van der Waals surface area contributed by atoms with Gasteiger partial charge in [-0.15, -0.1) is 0 Å². The summed E-state index contributed by atoms with van der Waals surface area (Å²) in [7, 11) is 0. The zero-order valence-electron chi connectivity index (χ0n) is 10.2. The third kappa shape index (κ3) is 2.97. The van der Waals surface area contributed by atoms with Crippen LogP contribution in [0, 0.1) is 0 Å². The minimum absolute atomic E-state index is 0.127. The van der Waals surface area contributed by atoms with Crippen molar-refractivity contribution in [1.82, 2.24) is 5.32 Å². The van der Waals surface area contributed by atoms with Crippen molar-refractivity contribution in [3.05, 3.63) is 0 Å². The highest BCUT2D eigenvalue weighted by atomic mass is 16.5. The fourth-order valence-electron chi connectivity index (χ4n) is 2.57. The van der Waals surface area contributed by atoms with Crippen molar-refractivity contribution in [3.63, 3.8) is 0 Å². The van der Waals surface area contributed by atoms with E-state index in [0.29, 0.717) is 19.6 Å². The molecule has 1 aliphatic heterocycles. The van der Waals surface area contributed by atoms with E-state index >= 15 is 0 Å². The Labute approximate surface area is 102 Å². The predicted octanol–water partition coefficient (Wildman–Crippen LogP) is -0.0844. The summed E-state index contributed by atoms with van der Waals surface area (Å²) in [5, 5.41) is 12.8. The Morgan fingerprint density at radius 1 is 1.29 bits per heavy atom. The van der Waals surface area contributed by atoms with Crippen LogP contribution in [0.15, 0.2) is 0 Å². The summed E-state index contributed by atoms with van der Waals surface area (Å²) in [6.45, 7) is 1.09. The van der Waals surface area contributed by atoms with Crippen LogP contribution in [0.2, 0.25) is 0 Å². The van der Waals surface area contributed by atoms with E-state index in [1.54, 1.807) is 0 Å². The number of carbonyl (C=O) groups excluding carboxylic acids is 1. The Hall–Kier alpha value is -0.650. The Balaban J connectivity index is 1.84. The largest absolute Gasteiger partial charge is 0.386 e. The summed E-state index contributed by atoms with van der Waals surface area (Å²) in [4.78, 5) is 12.0. The van der Waals surface area contributed by atoms with Crippen LogP contribution in [0.5, 0.6) is 0 Å². The molecule has 1 aliphatic carbocycles. The van der Waals surface area contributed by atoms with Crippen LogP contribution in [0.25, 0.3) is 0 Å². The molecule has 0 radical (unpaired) electrons. The van der Waals surface area contributed by atoms with Crippen LogP contribution < -0.4 is 11.1 Å². The van der Waals surface area contributed by atoms with Crippen LogP contribution in [-0.2, 0) is 9.53 Å². The molecule has 1 saturated heterocycles. The highest BCUT2D eigenvalue weighted by Crippen LogP contribution is 2.26. The molecule has 0 spiro atoms. The van der Waals surface area contributed by atoms with Gasteiger partial charge in [-0.2, -0.15) is 0 Å². The van der Waals surface area contributed by atoms with Gasteiger partial charge in [-0.3, -0.25) is 4.79 Å². The molecule has 1 atom stereocenters. The summed E-state index contributed by atoms with van der Waals surface area (Å²) in [5.74, 6) is -0.127. The summed E-state index contributed by atoms with van der Waals surface area (Å²) >= 11 is 0. The predicted molar refractivity (Wildman–Crippen MR) is 63.4 cm³/mol. The van der Waals surface area contributed by atoms with E-state index in [9.17, 15) is 9.90 Å². The number of aliphatic hydroxyl groups is 1. The van der Waals surface area contributed by atoms with Crippen molar-refractivity contribution in [2.75, 3.05) is 19.8 Å². The average molecular weight is 242 g/mol. The third-order valence-corrected chi connectivity index (χ3v) is 3.86. The maximum absolute atomic E-state index is 12.0. The molecule has 1 unspecified atom stereocenters. The molecule has 4 N–H and O–H groups in total. The monoisotopic (exact) mass is 242 g/mol. The van der Waals surface area contributed by atoms with Crippen LogP contribution in [-0.4, -0.2) is 41.9 Å². The van der Waals surface area contributed by atoms with Crippen molar-refractivity contribution in [1.29, 1.82) is 0 Å². The molecule has 5 heteroatoms. The smallest absolute Gasteiger partial charge is 0.240 e. The topological polar surface area (TPSA) is 84.6 Å². The lowest BCUT2D eigenvalue weighted by atomic mass is 9.82. The zero-order valence-corrected chi connectivity index (χ0v) is 10.2. The second kappa shape index (κ2) is 4.92. The zero-order chi connectivity index (χ0) is 12.4. The van der Waals surface area contributed by atoms with Gasteiger partial charge in [-0.05, 0) is 12.8 Å². The fraction of sp³-hybridized carbons (Fsp3) is 0.917. The van der Waals surface area contributed by atoms with Crippen molar-refractivity contribution in [2.45, 2.75) is 49.7 Å². The Bertz CT molecular complexity index is 281. The number of hydrogen-bond donors (Lipinski definition) is 3. The number of nitrogens with two attached hydrogens (primary N) is 1. The van der Waals surface area contributed by atoms with Gasteiger partial charge in [0, 0.05) is 19.6 Å². The van der Waals surface area contributed by atoms with Crippen LogP contribution in [0.1, 0.15) is 38.5 Å². The molecule has 0 aromatic rings. The van der Waals surface area contributed by atoms with Crippen molar-refractivity contribution < 1.29 is 14.6 Å². The molecular weight excluding hydrogens is 220 g/mol. The quantitative estimate of drug-likeness (QED) is 0.646. The van der Waals surface area contributed by atoms with E-state index in [1.165, 1.54) is 0 Å². The molecule has 2 fully saturated rings. The molecular formula is C12H22N2O3. The molecule has 2 rings (SSSR count). The van der Waals surface area contributed by atoms with Gasteiger partial charge in [-0.25, -0.2) is 0 Å². The molecule has 98 valence electrons. The molecule has 0 bridgehead atoms. The van der Waals surface area contributed by atoms with Crippen LogP contribution in [0.4, 0.5) is 0 Å². The summed E-state index contributed by atoms with van der Waals surface area (Å²) in [5.41, 5.74) is 4.48. The maximum Gasteiger partial charge on any atom is 0.240 e. The molecule has 5 nitrogen and oxygen atoms in total. The van der Waals surface area contributed by atoms with Crippen molar-refractivity contribution in [3.8, 4) is 0 Å². The van der Waals surface area contributed by atoms with E-state index in [1.807, 2.05) is 0 Å². The Morgan fingerprint density at radius 2 is 2.00 bits per heavy atom. The van der Waals surface area contributed by atoms with Gasteiger partial charge in [-0.1, -0.05) is 19.3 Å². The molecule has 1 amide bonds. The summed E-state index contributed by atoms with van der Waals surface area (Å²) in [6, 6.07) is 0. The second-order valence-corrected chi connectivity index (χ2v) is 5.43. The normalized spacial score (nSPS) is 32.4. The highest BCUT2D eigenvalue weighted by Gasteiger charge is 2.38. The van der Waals surface area contributed by atoms with Gasteiger partial charge in [0.15, 0.2) is 0 Å². The molecule has 2 aliphatic rings. The van der Waals surface area contributed by atoms with Gasteiger partial charge in [0.25, 0.3) is 0 Å².